The zero-order valence-corrected chi connectivity index (χ0v) is 10.3. The summed E-state index contributed by atoms with van der Waals surface area (Å²) in [6, 6.07) is 6.52. The van der Waals surface area contributed by atoms with Gasteiger partial charge in [0.1, 0.15) is 0 Å². The third kappa shape index (κ3) is 1.59. The molecule has 1 heterocycles. The average Bonchev–Trinajstić information content (AvgIpc) is 2.39. The maximum absolute atomic E-state index is 6.16. The van der Waals surface area contributed by atoms with Gasteiger partial charge in [0, 0.05) is 0 Å². The molecule has 0 bridgehead atoms. The number of aryl methyl sites for hydroxylation is 1. The van der Waals surface area contributed by atoms with Gasteiger partial charge in [-0.2, -0.15) is 0 Å². The molecule has 0 fully saturated rings. The highest BCUT2D eigenvalue weighted by atomic mass is 16.5. The highest BCUT2D eigenvalue weighted by Gasteiger charge is 2.39. The molecule has 1 aromatic rings. The first kappa shape index (κ1) is 10.7. The van der Waals surface area contributed by atoms with Gasteiger partial charge in [-0.05, 0) is 43.4 Å². The Morgan fingerprint density at radius 3 is 2.53 bits per heavy atom. The van der Waals surface area contributed by atoms with Gasteiger partial charge in [0.05, 0.1) is 11.7 Å². The van der Waals surface area contributed by atoms with Gasteiger partial charge >= 0.3 is 0 Å². The first-order valence-corrected chi connectivity index (χ1v) is 5.71. The largest absolute Gasteiger partial charge is 0.363 e. The Hall–Kier alpha value is -0.820. The van der Waals surface area contributed by atoms with Crippen molar-refractivity contribution in [2.75, 3.05) is 0 Å². The summed E-state index contributed by atoms with van der Waals surface area (Å²) in [6.45, 7) is 10.9. The molecule has 0 aromatic heterocycles. The van der Waals surface area contributed by atoms with Crippen molar-refractivity contribution in [2.24, 2.45) is 5.92 Å². The van der Waals surface area contributed by atoms with Gasteiger partial charge < -0.3 is 4.74 Å². The lowest BCUT2D eigenvalue weighted by Gasteiger charge is -2.23. The molecule has 0 spiro atoms. The zero-order valence-electron chi connectivity index (χ0n) is 10.3. The Morgan fingerprint density at radius 1 is 1.27 bits per heavy atom. The third-order valence-electron chi connectivity index (χ3n) is 3.24. The minimum absolute atomic E-state index is 0.129. The molecule has 1 heteroatoms. The van der Waals surface area contributed by atoms with Gasteiger partial charge in [-0.1, -0.05) is 32.0 Å². The van der Waals surface area contributed by atoms with E-state index in [9.17, 15) is 0 Å². The molecule has 1 aliphatic rings. The fraction of sp³-hybridized carbons (Fsp3) is 0.571. The molecule has 1 unspecified atom stereocenters. The lowest BCUT2D eigenvalue weighted by atomic mass is 9.88. The summed E-state index contributed by atoms with van der Waals surface area (Å²) in [5, 5.41) is 0. The summed E-state index contributed by atoms with van der Waals surface area (Å²) in [4.78, 5) is 0. The molecular weight excluding hydrogens is 184 g/mol. The van der Waals surface area contributed by atoms with Gasteiger partial charge in [0.2, 0.25) is 0 Å². The maximum Gasteiger partial charge on any atom is 0.0889 e. The van der Waals surface area contributed by atoms with Crippen molar-refractivity contribution in [1.29, 1.82) is 0 Å². The van der Waals surface area contributed by atoms with E-state index in [0.29, 0.717) is 5.92 Å². The first-order chi connectivity index (χ1) is 6.93. The molecule has 1 nitrogen and oxygen atoms in total. The smallest absolute Gasteiger partial charge is 0.0889 e. The van der Waals surface area contributed by atoms with Crippen LogP contribution in [0, 0.1) is 12.8 Å². The highest BCUT2D eigenvalue weighted by molar-refractivity contribution is 5.43. The molecule has 0 saturated carbocycles. The van der Waals surface area contributed by atoms with Crippen LogP contribution in [0.2, 0.25) is 0 Å². The van der Waals surface area contributed by atoms with Crippen molar-refractivity contribution in [3.63, 3.8) is 0 Å². The second-order valence-corrected chi connectivity index (χ2v) is 5.33. The third-order valence-corrected chi connectivity index (χ3v) is 3.24. The van der Waals surface area contributed by atoms with Crippen LogP contribution in [0.15, 0.2) is 18.2 Å². The van der Waals surface area contributed by atoms with Crippen LogP contribution in [0.5, 0.6) is 0 Å². The molecule has 2 rings (SSSR count). The van der Waals surface area contributed by atoms with Crippen LogP contribution in [0.25, 0.3) is 0 Å². The Bertz CT molecular complexity index is 377. The fourth-order valence-electron chi connectivity index (χ4n) is 2.69. The molecule has 1 aromatic carbocycles. The second kappa shape index (κ2) is 3.34. The quantitative estimate of drug-likeness (QED) is 0.673. The van der Waals surface area contributed by atoms with Gasteiger partial charge in [-0.15, -0.1) is 0 Å². The predicted molar refractivity (Wildman–Crippen MR) is 62.9 cm³/mol. The normalized spacial score (nSPS) is 23.2. The van der Waals surface area contributed by atoms with E-state index in [1.54, 1.807) is 0 Å². The Kier molecular flexibility index (Phi) is 2.38. The summed E-state index contributed by atoms with van der Waals surface area (Å²) in [5.41, 5.74) is 4.00. The standard InChI is InChI=1S/C14H20O/c1-9(2)13-11-8-6-7-10(3)12(11)14(4,5)15-13/h6-9,13H,1-5H3. The monoisotopic (exact) mass is 204 g/mol. The van der Waals surface area contributed by atoms with E-state index in [2.05, 4.69) is 52.8 Å². The number of benzene rings is 1. The Morgan fingerprint density at radius 2 is 1.93 bits per heavy atom. The minimum atomic E-state index is -0.129. The predicted octanol–water partition coefficient (Wildman–Crippen LogP) is 3.96. The summed E-state index contributed by atoms with van der Waals surface area (Å²) in [6.07, 6.45) is 0.259. The van der Waals surface area contributed by atoms with Gasteiger partial charge in [0.15, 0.2) is 0 Å². The SMILES string of the molecule is Cc1cccc2c1C(C)(C)OC2C(C)C. The number of fused-ring (bicyclic) bond motifs is 1. The van der Waals surface area contributed by atoms with Crippen molar-refractivity contribution in [3.8, 4) is 0 Å². The van der Waals surface area contributed by atoms with Crippen LogP contribution >= 0.6 is 0 Å². The van der Waals surface area contributed by atoms with E-state index >= 15 is 0 Å². The Balaban J connectivity index is 2.58. The first-order valence-electron chi connectivity index (χ1n) is 5.71. The summed E-state index contributed by atoms with van der Waals surface area (Å²) < 4.78 is 6.16. The van der Waals surface area contributed by atoms with E-state index in [1.807, 2.05) is 0 Å². The molecule has 1 atom stereocenters. The van der Waals surface area contributed by atoms with Crippen molar-refractivity contribution >= 4 is 0 Å². The number of hydrogen-bond acceptors (Lipinski definition) is 1. The number of rotatable bonds is 1. The molecule has 0 saturated heterocycles. The second-order valence-electron chi connectivity index (χ2n) is 5.33. The maximum atomic E-state index is 6.16. The summed E-state index contributed by atoms with van der Waals surface area (Å²) in [7, 11) is 0. The van der Waals surface area contributed by atoms with E-state index in [0.717, 1.165) is 0 Å². The van der Waals surface area contributed by atoms with Crippen LogP contribution in [-0.4, -0.2) is 0 Å². The molecule has 0 aliphatic carbocycles. The molecule has 0 N–H and O–H groups in total. The number of ether oxygens (including phenoxy) is 1. The molecule has 15 heavy (non-hydrogen) atoms. The van der Waals surface area contributed by atoms with E-state index in [4.69, 9.17) is 4.74 Å². The van der Waals surface area contributed by atoms with Gasteiger partial charge in [-0.25, -0.2) is 0 Å². The summed E-state index contributed by atoms with van der Waals surface area (Å²) in [5.74, 6) is 0.535. The molecular formula is C14H20O. The topological polar surface area (TPSA) is 9.23 Å². The molecule has 1 aliphatic heterocycles. The van der Waals surface area contributed by atoms with Gasteiger partial charge in [-0.3, -0.25) is 0 Å². The van der Waals surface area contributed by atoms with Crippen LogP contribution in [-0.2, 0) is 10.3 Å². The fourth-order valence-corrected chi connectivity index (χ4v) is 2.69. The lowest BCUT2D eigenvalue weighted by Crippen LogP contribution is -2.18. The lowest BCUT2D eigenvalue weighted by molar-refractivity contribution is -0.0712. The van der Waals surface area contributed by atoms with E-state index in [1.165, 1.54) is 16.7 Å². The van der Waals surface area contributed by atoms with E-state index < -0.39 is 0 Å². The van der Waals surface area contributed by atoms with Crippen molar-refractivity contribution in [1.82, 2.24) is 0 Å². The minimum Gasteiger partial charge on any atom is -0.363 e. The molecule has 0 radical (unpaired) electrons. The van der Waals surface area contributed by atoms with Crippen molar-refractivity contribution < 1.29 is 4.74 Å². The molecule has 82 valence electrons. The van der Waals surface area contributed by atoms with Crippen LogP contribution < -0.4 is 0 Å². The van der Waals surface area contributed by atoms with E-state index in [-0.39, 0.29) is 11.7 Å². The highest BCUT2D eigenvalue weighted by Crippen LogP contribution is 2.47. The van der Waals surface area contributed by atoms with Crippen molar-refractivity contribution in [2.45, 2.75) is 46.3 Å². The van der Waals surface area contributed by atoms with Gasteiger partial charge in [0.25, 0.3) is 0 Å². The summed E-state index contributed by atoms with van der Waals surface area (Å²) >= 11 is 0. The van der Waals surface area contributed by atoms with Crippen LogP contribution in [0.1, 0.15) is 50.5 Å². The number of hydrogen-bond donors (Lipinski definition) is 0. The average molecular weight is 204 g/mol. The van der Waals surface area contributed by atoms with Crippen molar-refractivity contribution in [3.05, 3.63) is 34.9 Å². The Labute approximate surface area is 92.5 Å². The zero-order chi connectivity index (χ0) is 11.2. The van der Waals surface area contributed by atoms with Crippen LogP contribution in [0.4, 0.5) is 0 Å². The van der Waals surface area contributed by atoms with Crippen LogP contribution in [0.3, 0.4) is 0 Å². The molecule has 0 amide bonds.